The Labute approximate surface area is 91.5 Å². The third-order valence-corrected chi connectivity index (χ3v) is 2.13. The van der Waals surface area contributed by atoms with Crippen LogP contribution in [-0.4, -0.2) is 42.9 Å². The summed E-state index contributed by atoms with van der Waals surface area (Å²) in [6, 6.07) is 0. The average Bonchev–Trinajstić information content (AvgIpc) is 2.84. The number of nitrogens with zero attached hydrogens (tertiary/aromatic N) is 1. The molecule has 1 aliphatic heterocycles. The highest BCUT2D eigenvalue weighted by Gasteiger charge is 2.23. The van der Waals surface area contributed by atoms with Gasteiger partial charge in [-0.25, -0.2) is 4.79 Å². The molecule has 1 heterocycles. The Hall–Kier alpha value is -0.770. The summed E-state index contributed by atoms with van der Waals surface area (Å²) < 4.78 is 10.3. The molecule has 88 valence electrons. The third-order valence-electron chi connectivity index (χ3n) is 2.13. The van der Waals surface area contributed by atoms with Crippen LogP contribution in [0.2, 0.25) is 0 Å². The number of amides is 1. The van der Waals surface area contributed by atoms with Crippen molar-refractivity contribution >= 4 is 6.09 Å². The Morgan fingerprint density at radius 2 is 2.13 bits per heavy atom. The van der Waals surface area contributed by atoms with E-state index >= 15 is 0 Å². The maximum atomic E-state index is 11.5. The van der Waals surface area contributed by atoms with Gasteiger partial charge in [0.25, 0.3) is 0 Å². The van der Waals surface area contributed by atoms with Crippen LogP contribution in [0.3, 0.4) is 0 Å². The van der Waals surface area contributed by atoms with E-state index in [1.807, 2.05) is 20.8 Å². The highest BCUT2D eigenvalue weighted by atomic mass is 16.6. The van der Waals surface area contributed by atoms with Crippen LogP contribution in [0.5, 0.6) is 0 Å². The number of hydrogen-bond donors (Lipinski definition) is 0. The topological polar surface area (TPSA) is 42.1 Å². The van der Waals surface area contributed by atoms with E-state index in [0.29, 0.717) is 6.10 Å². The number of carbonyl (C=O) groups excluding carboxylic acids is 1. The van der Waals surface area contributed by atoms with E-state index in [1.54, 1.807) is 11.9 Å². The first-order valence-electron chi connectivity index (χ1n) is 5.44. The van der Waals surface area contributed by atoms with E-state index in [9.17, 15) is 4.79 Å². The SMILES string of the molecule is CN(CCC[C@@H]1CO1)C(=O)OC(C)(C)C. The van der Waals surface area contributed by atoms with Crippen molar-refractivity contribution in [3.63, 3.8) is 0 Å². The molecule has 0 radical (unpaired) electrons. The van der Waals surface area contributed by atoms with Gasteiger partial charge in [-0.1, -0.05) is 0 Å². The molecule has 1 atom stereocenters. The summed E-state index contributed by atoms with van der Waals surface area (Å²) in [6.07, 6.45) is 2.20. The fourth-order valence-electron chi connectivity index (χ4n) is 1.22. The van der Waals surface area contributed by atoms with Crippen LogP contribution in [0.1, 0.15) is 33.6 Å². The molecule has 4 nitrogen and oxygen atoms in total. The number of rotatable bonds is 4. The molecule has 1 aliphatic rings. The molecule has 1 amide bonds. The second-order valence-electron chi connectivity index (χ2n) is 5.00. The monoisotopic (exact) mass is 215 g/mol. The fraction of sp³-hybridized carbons (Fsp3) is 0.909. The summed E-state index contributed by atoms with van der Waals surface area (Å²) in [5.74, 6) is 0. The number of epoxide rings is 1. The molecule has 0 unspecified atom stereocenters. The zero-order valence-electron chi connectivity index (χ0n) is 10.1. The third kappa shape index (κ3) is 5.62. The lowest BCUT2D eigenvalue weighted by Crippen LogP contribution is -2.34. The van der Waals surface area contributed by atoms with E-state index in [1.165, 1.54) is 0 Å². The second kappa shape index (κ2) is 4.84. The van der Waals surface area contributed by atoms with Gasteiger partial charge in [0.2, 0.25) is 0 Å². The molecule has 1 fully saturated rings. The van der Waals surface area contributed by atoms with Gasteiger partial charge >= 0.3 is 6.09 Å². The van der Waals surface area contributed by atoms with Crippen LogP contribution in [0.25, 0.3) is 0 Å². The first-order chi connectivity index (χ1) is 6.88. The zero-order valence-corrected chi connectivity index (χ0v) is 10.1. The van der Waals surface area contributed by atoms with Crippen molar-refractivity contribution in [1.82, 2.24) is 4.90 Å². The molecule has 0 aromatic rings. The van der Waals surface area contributed by atoms with Crippen molar-refractivity contribution in [1.29, 1.82) is 0 Å². The minimum Gasteiger partial charge on any atom is -0.444 e. The zero-order chi connectivity index (χ0) is 11.5. The van der Waals surface area contributed by atoms with Crippen LogP contribution >= 0.6 is 0 Å². The maximum absolute atomic E-state index is 11.5. The van der Waals surface area contributed by atoms with Crippen molar-refractivity contribution in [2.45, 2.75) is 45.3 Å². The molecular formula is C11H21NO3. The van der Waals surface area contributed by atoms with Gasteiger partial charge in [-0.05, 0) is 33.6 Å². The molecule has 4 heteroatoms. The summed E-state index contributed by atoms with van der Waals surface area (Å²) >= 11 is 0. The van der Waals surface area contributed by atoms with Gasteiger partial charge in [0, 0.05) is 13.6 Å². The van der Waals surface area contributed by atoms with Gasteiger partial charge in [-0.15, -0.1) is 0 Å². The smallest absolute Gasteiger partial charge is 0.410 e. The minimum absolute atomic E-state index is 0.251. The number of ether oxygens (including phenoxy) is 2. The first-order valence-corrected chi connectivity index (χ1v) is 5.44. The molecule has 0 spiro atoms. The maximum Gasteiger partial charge on any atom is 0.410 e. The molecule has 0 aromatic heterocycles. The van der Waals surface area contributed by atoms with Gasteiger partial charge in [0.1, 0.15) is 5.60 Å². The molecule has 1 saturated heterocycles. The Bertz CT molecular complexity index is 218. The Balaban J connectivity index is 2.13. The van der Waals surface area contributed by atoms with Gasteiger partial charge in [0.15, 0.2) is 0 Å². The number of carbonyl (C=O) groups is 1. The van der Waals surface area contributed by atoms with Crippen molar-refractivity contribution in [2.24, 2.45) is 0 Å². The van der Waals surface area contributed by atoms with Crippen LogP contribution in [0.4, 0.5) is 4.79 Å². The van der Waals surface area contributed by atoms with Crippen molar-refractivity contribution in [2.75, 3.05) is 20.2 Å². The molecule has 0 bridgehead atoms. The van der Waals surface area contributed by atoms with E-state index in [4.69, 9.17) is 9.47 Å². The van der Waals surface area contributed by atoms with Crippen molar-refractivity contribution in [3.8, 4) is 0 Å². The molecule has 0 aromatic carbocycles. The molecule has 15 heavy (non-hydrogen) atoms. The lowest BCUT2D eigenvalue weighted by molar-refractivity contribution is 0.0295. The summed E-state index contributed by atoms with van der Waals surface area (Å²) in [7, 11) is 1.77. The van der Waals surface area contributed by atoms with Crippen LogP contribution < -0.4 is 0 Å². The van der Waals surface area contributed by atoms with Gasteiger partial charge in [-0.3, -0.25) is 0 Å². The van der Waals surface area contributed by atoms with Crippen molar-refractivity contribution < 1.29 is 14.3 Å². The molecule has 0 saturated carbocycles. The summed E-state index contributed by atoms with van der Waals surface area (Å²) in [5, 5.41) is 0. The largest absolute Gasteiger partial charge is 0.444 e. The van der Waals surface area contributed by atoms with E-state index in [-0.39, 0.29) is 6.09 Å². The highest BCUT2D eigenvalue weighted by molar-refractivity contribution is 5.67. The van der Waals surface area contributed by atoms with Crippen molar-refractivity contribution in [3.05, 3.63) is 0 Å². The molecule has 0 N–H and O–H groups in total. The van der Waals surface area contributed by atoms with Crippen LogP contribution in [0.15, 0.2) is 0 Å². The standard InChI is InChI=1S/C11H21NO3/c1-11(2,3)15-10(13)12(4)7-5-6-9-8-14-9/h9H,5-8H2,1-4H3/t9-/m1/s1. The predicted molar refractivity (Wildman–Crippen MR) is 57.8 cm³/mol. The lowest BCUT2D eigenvalue weighted by Gasteiger charge is -2.24. The number of hydrogen-bond acceptors (Lipinski definition) is 3. The quantitative estimate of drug-likeness (QED) is 0.674. The summed E-state index contributed by atoms with van der Waals surface area (Å²) in [4.78, 5) is 13.1. The Morgan fingerprint density at radius 3 is 2.60 bits per heavy atom. The van der Waals surface area contributed by atoms with Crippen LogP contribution in [-0.2, 0) is 9.47 Å². The summed E-state index contributed by atoms with van der Waals surface area (Å²) in [5.41, 5.74) is -0.412. The minimum atomic E-state index is -0.412. The van der Waals surface area contributed by atoms with Crippen LogP contribution in [0, 0.1) is 0 Å². The highest BCUT2D eigenvalue weighted by Crippen LogP contribution is 2.16. The fourth-order valence-corrected chi connectivity index (χ4v) is 1.22. The van der Waals surface area contributed by atoms with E-state index in [0.717, 1.165) is 26.0 Å². The van der Waals surface area contributed by atoms with Gasteiger partial charge < -0.3 is 14.4 Å². The lowest BCUT2D eigenvalue weighted by atomic mass is 10.2. The Kier molecular flexibility index (Phi) is 3.97. The first kappa shape index (κ1) is 12.3. The normalized spacial score (nSPS) is 19.9. The van der Waals surface area contributed by atoms with E-state index < -0.39 is 5.60 Å². The van der Waals surface area contributed by atoms with E-state index in [2.05, 4.69) is 0 Å². The predicted octanol–water partition coefficient (Wildman–Crippen LogP) is 2.03. The molecule has 0 aliphatic carbocycles. The van der Waals surface area contributed by atoms with Gasteiger partial charge in [0.05, 0.1) is 12.7 Å². The molecule has 1 rings (SSSR count). The Morgan fingerprint density at radius 1 is 1.53 bits per heavy atom. The second-order valence-corrected chi connectivity index (χ2v) is 5.00. The molecular weight excluding hydrogens is 194 g/mol. The average molecular weight is 215 g/mol. The van der Waals surface area contributed by atoms with Gasteiger partial charge in [-0.2, -0.15) is 0 Å². The summed E-state index contributed by atoms with van der Waals surface area (Å²) in [6.45, 7) is 7.23.